The zero-order valence-corrected chi connectivity index (χ0v) is 11.4. The van der Waals surface area contributed by atoms with E-state index in [-0.39, 0.29) is 0 Å². The third-order valence-electron chi connectivity index (χ3n) is 2.41. The molecule has 94 valence electrons. The standard InChI is InChI=1S/C13H12BrNO3/c1-2-17-13(16)11-10(8-14)18-15-12(11)9-6-4-3-5-7-9/h3-7H,2,8H2,1H3. The molecule has 18 heavy (non-hydrogen) atoms. The van der Waals surface area contributed by atoms with Crippen LogP contribution in [0.5, 0.6) is 0 Å². The predicted octanol–water partition coefficient (Wildman–Crippen LogP) is 3.41. The number of esters is 1. The van der Waals surface area contributed by atoms with Crippen molar-refractivity contribution in [1.82, 2.24) is 5.16 Å². The summed E-state index contributed by atoms with van der Waals surface area (Å²) in [6.07, 6.45) is 0. The highest BCUT2D eigenvalue weighted by atomic mass is 79.9. The van der Waals surface area contributed by atoms with Crippen LogP contribution in [0.4, 0.5) is 0 Å². The molecule has 0 radical (unpaired) electrons. The van der Waals surface area contributed by atoms with Crippen molar-refractivity contribution < 1.29 is 14.1 Å². The maximum absolute atomic E-state index is 11.9. The van der Waals surface area contributed by atoms with E-state index in [4.69, 9.17) is 9.26 Å². The third kappa shape index (κ3) is 2.46. The first-order valence-electron chi connectivity index (χ1n) is 5.55. The molecule has 5 heteroatoms. The summed E-state index contributed by atoms with van der Waals surface area (Å²) in [5, 5.41) is 4.37. The molecule has 0 unspecified atom stereocenters. The van der Waals surface area contributed by atoms with E-state index in [1.54, 1.807) is 6.92 Å². The van der Waals surface area contributed by atoms with Gasteiger partial charge in [0.15, 0.2) is 5.76 Å². The van der Waals surface area contributed by atoms with Gasteiger partial charge >= 0.3 is 5.97 Å². The first kappa shape index (κ1) is 12.8. The minimum absolute atomic E-state index is 0.319. The quantitative estimate of drug-likeness (QED) is 0.641. The van der Waals surface area contributed by atoms with Gasteiger partial charge in [0.1, 0.15) is 11.3 Å². The van der Waals surface area contributed by atoms with Crippen molar-refractivity contribution in [1.29, 1.82) is 0 Å². The normalized spacial score (nSPS) is 10.3. The molecule has 1 aromatic heterocycles. The Balaban J connectivity index is 2.49. The zero-order chi connectivity index (χ0) is 13.0. The fourth-order valence-corrected chi connectivity index (χ4v) is 2.00. The van der Waals surface area contributed by atoms with Gasteiger partial charge in [0.25, 0.3) is 0 Å². The molecule has 0 saturated heterocycles. The maximum Gasteiger partial charge on any atom is 0.344 e. The number of benzene rings is 1. The molecule has 0 aliphatic heterocycles. The lowest BCUT2D eigenvalue weighted by atomic mass is 10.1. The smallest absolute Gasteiger partial charge is 0.344 e. The van der Waals surface area contributed by atoms with Crippen molar-refractivity contribution in [2.24, 2.45) is 0 Å². The fraction of sp³-hybridized carbons (Fsp3) is 0.231. The van der Waals surface area contributed by atoms with Gasteiger partial charge in [0.05, 0.1) is 11.9 Å². The van der Waals surface area contributed by atoms with Crippen molar-refractivity contribution in [3.05, 3.63) is 41.7 Å². The second kappa shape index (κ2) is 5.82. The molecule has 0 saturated carbocycles. The van der Waals surface area contributed by atoms with Gasteiger partial charge in [-0.25, -0.2) is 4.79 Å². The minimum Gasteiger partial charge on any atom is -0.462 e. The summed E-state index contributed by atoms with van der Waals surface area (Å²) in [4.78, 5) is 11.9. The van der Waals surface area contributed by atoms with Gasteiger partial charge in [0, 0.05) is 5.56 Å². The Kier molecular flexibility index (Phi) is 4.15. The lowest BCUT2D eigenvalue weighted by Gasteiger charge is -2.02. The number of ether oxygens (including phenoxy) is 1. The summed E-state index contributed by atoms with van der Waals surface area (Å²) in [5.74, 6) is 0.0688. The van der Waals surface area contributed by atoms with Crippen molar-refractivity contribution >= 4 is 21.9 Å². The van der Waals surface area contributed by atoms with Gasteiger partial charge in [-0.3, -0.25) is 0 Å². The van der Waals surface area contributed by atoms with Gasteiger partial charge in [-0.1, -0.05) is 51.4 Å². The topological polar surface area (TPSA) is 52.3 Å². The molecule has 1 aromatic carbocycles. The molecule has 2 rings (SSSR count). The van der Waals surface area contributed by atoms with Gasteiger partial charge < -0.3 is 9.26 Å². The lowest BCUT2D eigenvalue weighted by Crippen LogP contribution is -2.07. The molecule has 4 nitrogen and oxygen atoms in total. The Morgan fingerprint density at radius 2 is 2.11 bits per heavy atom. The van der Waals surface area contributed by atoms with Crippen LogP contribution >= 0.6 is 15.9 Å². The summed E-state index contributed by atoms with van der Waals surface area (Å²) in [7, 11) is 0. The number of rotatable bonds is 4. The molecule has 0 atom stereocenters. The number of halogens is 1. The van der Waals surface area contributed by atoms with Crippen LogP contribution in [-0.4, -0.2) is 17.7 Å². The molecule has 0 amide bonds. The number of hydrogen-bond acceptors (Lipinski definition) is 4. The first-order valence-corrected chi connectivity index (χ1v) is 6.67. The highest BCUT2D eigenvalue weighted by Gasteiger charge is 2.24. The van der Waals surface area contributed by atoms with E-state index in [1.807, 2.05) is 30.3 Å². The Hall–Kier alpha value is -1.62. The van der Waals surface area contributed by atoms with Crippen molar-refractivity contribution in [3.63, 3.8) is 0 Å². The molecule has 0 bridgehead atoms. The Labute approximate surface area is 113 Å². The van der Waals surface area contributed by atoms with Crippen LogP contribution in [0.1, 0.15) is 23.0 Å². The van der Waals surface area contributed by atoms with E-state index in [9.17, 15) is 4.79 Å². The number of carbonyl (C=O) groups is 1. The van der Waals surface area contributed by atoms with Crippen molar-refractivity contribution in [2.45, 2.75) is 12.3 Å². The van der Waals surface area contributed by atoms with Gasteiger partial charge in [0.2, 0.25) is 0 Å². The maximum atomic E-state index is 11.9. The molecule has 0 fully saturated rings. The van der Waals surface area contributed by atoms with E-state index in [0.29, 0.717) is 29.0 Å². The average Bonchev–Trinajstić information content (AvgIpc) is 2.84. The second-order valence-electron chi connectivity index (χ2n) is 3.55. The van der Waals surface area contributed by atoms with Gasteiger partial charge in [-0.05, 0) is 6.92 Å². The van der Waals surface area contributed by atoms with E-state index < -0.39 is 5.97 Å². The van der Waals surface area contributed by atoms with Crippen molar-refractivity contribution in [3.8, 4) is 11.3 Å². The van der Waals surface area contributed by atoms with Crippen molar-refractivity contribution in [2.75, 3.05) is 6.61 Å². The SMILES string of the molecule is CCOC(=O)c1c(-c2ccccc2)noc1CBr. The number of hydrogen-bond donors (Lipinski definition) is 0. The second-order valence-corrected chi connectivity index (χ2v) is 4.11. The number of carbonyl (C=O) groups excluding carboxylic acids is 1. The summed E-state index contributed by atoms with van der Waals surface area (Å²) in [6, 6.07) is 9.41. The van der Waals surface area contributed by atoms with E-state index >= 15 is 0 Å². The number of aromatic nitrogens is 1. The highest BCUT2D eigenvalue weighted by Crippen LogP contribution is 2.27. The van der Waals surface area contributed by atoms with Crippen LogP contribution in [0.2, 0.25) is 0 Å². The van der Waals surface area contributed by atoms with Gasteiger partial charge in [-0.15, -0.1) is 0 Å². The monoisotopic (exact) mass is 309 g/mol. The minimum atomic E-state index is -0.410. The van der Waals surface area contributed by atoms with Crippen LogP contribution in [0.3, 0.4) is 0 Å². The number of nitrogens with zero attached hydrogens (tertiary/aromatic N) is 1. The van der Waals surface area contributed by atoms with Gasteiger partial charge in [-0.2, -0.15) is 0 Å². The molecular formula is C13H12BrNO3. The van der Waals surface area contributed by atoms with E-state index in [0.717, 1.165) is 5.56 Å². The largest absolute Gasteiger partial charge is 0.462 e. The average molecular weight is 310 g/mol. The summed E-state index contributed by atoms with van der Waals surface area (Å²) < 4.78 is 10.2. The van der Waals surface area contributed by atoms with Crippen LogP contribution in [-0.2, 0) is 10.1 Å². The molecule has 0 aliphatic carbocycles. The number of alkyl halides is 1. The van der Waals surface area contributed by atoms with Crippen LogP contribution in [0.25, 0.3) is 11.3 Å². The lowest BCUT2D eigenvalue weighted by molar-refractivity contribution is 0.0525. The fourth-order valence-electron chi connectivity index (χ4n) is 1.62. The van der Waals surface area contributed by atoms with E-state index in [2.05, 4.69) is 21.1 Å². The molecule has 0 aliphatic rings. The third-order valence-corrected chi connectivity index (χ3v) is 2.92. The molecule has 0 N–H and O–H groups in total. The molecule has 1 heterocycles. The molecule has 0 spiro atoms. The predicted molar refractivity (Wildman–Crippen MR) is 70.5 cm³/mol. The molecular weight excluding hydrogens is 298 g/mol. The Bertz CT molecular complexity index is 536. The summed E-state index contributed by atoms with van der Waals surface area (Å²) in [5.41, 5.74) is 1.74. The highest BCUT2D eigenvalue weighted by molar-refractivity contribution is 9.08. The molecule has 2 aromatic rings. The summed E-state index contributed by atoms with van der Waals surface area (Å²) >= 11 is 3.27. The Morgan fingerprint density at radius 3 is 2.72 bits per heavy atom. The van der Waals surface area contributed by atoms with Crippen LogP contribution < -0.4 is 0 Å². The first-order chi connectivity index (χ1) is 8.77. The summed E-state index contributed by atoms with van der Waals surface area (Å²) in [6.45, 7) is 2.08. The Morgan fingerprint density at radius 1 is 1.39 bits per heavy atom. The van der Waals surface area contributed by atoms with Crippen LogP contribution in [0, 0.1) is 0 Å². The van der Waals surface area contributed by atoms with Crippen LogP contribution in [0.15, 0.2) is 34.9 Å². The van der Waals surface area contributed by atoms with E-state index in [1.165, 1.54) is 0 Å². The zero-order valence-electron chi connectivity index (χ0n) is 9.85.